The average Bonchev–Trinajstić information content (AvgIpc) is 2.98. The molecule has 2 amide bonds. The molecule has 1 aromatic heterocycles. The van der Waals surface area contributed by atoms with E-state index in [-0.39, 0.29) is 11.8 Å². The molecule has 0 radical (unpaired) electrons. The van der Waals surface area contributed by atoms with Crippen LogP contribution >= 0.6 is 0 Å². The van der Waals surface area contributed by atoms with Gasteiger partial charge in [-0.05, 0) is 44.5 Å². The van der Waals surface area contributed by atoms with Crippen molar-refractivity contribution in [3.8, 4) is 0 Å². The van der Waals surface area contributed by atoms with E-state index >= 15 is 0 Å². The fourth-order valence-electron chi connectivity index (χ4n) is 3.30. The standard InChI is InChI=1S/C19H27FN6O/c1-15(2)26-14-22-23-18(26)8-9-21-19(27)25-11-3-10-24(12-13-25)17-6-4-16(20)5-7-17/h4-7,14-15H,3,8-13H2,1-2H3,(H,21,27). The Morgan fingerprint density at radius 3 is 2.70 bits per heavy atom. The number of hydrogen-bond donors (Lipinski definition) is 1. The van der Waals surface area contributed by atoms with E-state index in [1.54, 1.807) is 18.5 Å². The fourth-order valence-corrected chi connectivity index (χ4v) is 3.30. The van der Waals surface area contributed by atoms with E-state index in [1.807, 2.05) is 9.47 Å². The lowest BCUT2D eigenvalue weighted by atomic mass is 10.2. The summed E-state index contributed by atoms with van der Waals surface area (Å²) in [6, 6.07) is 6.77. The van der Waals surface area contributed by atoms with Crippen molar-refractivity contribution < 1.29 is 9.18 Å². The number of urea groups is 1. The molecule has 0 unspecified atom stereocenters. The normalized spacial score (nSPS) is 15.1. The third kappa shape index (κ3) is 4.96. The van der Waals surface area contributed by atoms with Crippen LogP contribution in [0.15, 0.2) is 30.6 Å². The monoisotopic (exact) mass is 374 g/mol. The van der Waals surface area contributed by atoms with Crippen LogP contribution in [0.2, 0.25) is 0 Å². The predicted molar refractivity (Wildman–Crippen MR) is 102 cm³/mol. The number of carbonyl (C=O) groups is 1. The van der Waals surface area contributed by atoms with E-state index in [0.717, 1.165) is 31.0 Å². The maximum atomic E-state index is 13.1. The molecule has 2 aromatic rings. The van der Waals surface area contributed by atoms with Gasteiger partial charge in [0, 0.05) is 50.9 Å². The van der Waals surface area contributed by atoms with Crippen LogP contribution in [0.5, 0.6) is 0 Å². The second kappa shape index (κ2) is 8.83. The summed E-state index contributed by atoms with van der Waals surface area (Å²) in [6.45, 7) is 7.64. The van der Waals surface area contributed by atoms with Crippen LogP contribution < -0.4 is 10.2 Å². The van der Waals surface area contributed by atoms with Gasteiger partial charge in [0.1, 0.15) is 18.0 Å². The van der Waals surface area contributed by atoms with Crippen molar-refractivity contribution in [1.29, 1.82) is 0 Å². The molecule has 7 nitrogen and oxygen atoms in total. The minimum absolute atomic E-state index is 0.0495. The number of nitrogens with one attached hydrogen (secondary N) is 1. The molecule has 8 heteroatoms. The summed E-state index contributed by atoms with van der Waals surface area (Å²) >= 11 is 0. The van der Waals surface area contributed by atoms with Crippen molar-refractivity contribution in [2.24, 2.45) is 0 Å². The highest BCUT2D eigenvalue weighted by Gasteiger charge is 2.19. The smallest absolute Gasteiger partial charge is 0.317 e. The minimum atomic E-state index is -0.233. The SMILES string of the molecule is CC(C)n1cnnc1CCNC(=O)N1CCCN(c2ccc(F)cc2)CC1. The highest BCUT2D eigenvalue weighted by Crippen LogP contribution is 2.17. The first-order chi connectivity index (χ1) is 13.0. The largest absolute Gasteiger partial charge is 0.370 e. The van der Waals surface area contributed by atoms with E-state index in [4.69, 9.17) is 0 Å². The summed E-state index contributed by atoms with van der Waals surface area (Å²) in [5, 5.41) is 11.1. The third-order valence-corrected chi connectivity index (χ3v) is 4.80. The molecule has 1 N–H and O–H groups in total. The Morgan fingerprint density at radius 1 is 1.19 bits per heavy atom. The Morgan fingerprint density at radius 2 is 1.96 bits per heavy atom. The zero-order valence-electron chi connectivity index (χ0n) is 15.9. The van der Waals surface area contributed by atoms with Gasteiger partial charge in [-0.25, -0.2) is 9.18 Å². The molecular formula is C19H27FN6O. The van der Waals surface area contributed by atoms with Crippen LogP contribution in [-0.2, 0) is 6.42 Å². The number of benzene rings is 1. The molecule has 0 atom stereocenters. The van der Waals surface area contributed by atoms with Gasteiger partial charge in [0.15, 0.2) is 0 Å². The van der Waals surface area contributed by atoms with Crippen LogP contribution in [0.4, 0.5) is 14.9 Å². The number of carbonyl (C=O) groups excluding carboxylic acids is 1. The van der Waals surface area contributed by atoms with Crippen molar-refractivity contribution in [2.75, 3.05) is 37.6 Å². The van der Waals surface area contributed by atoms with E-state index < -0.39 is 0 Å². The number of anilines is 1. The maximum absolute atomic E-state index is 13.1. The zero-order chi connectivity index (χ0) is 19.2. The Bertz CT molecular complexity index is 745. The second-order valence-electron chi connectivity index (χ2n) is 7.03. The van der Waals surface area contributed by atoms with Crippen molar-refractivity contribution in [1.82, 2.24) is 25.0 Å². The number of aromatic nitrogens is 3. The van der Waals surface area contributed by atoms with E-state index in [9.17, 15) is 9.18 Å². The number of rotatable bonds is 5. The molecule has 1 fully saturated rings. The van der Waals surface area contributed by atoms with Gasteiger partial charge in [0.05, 0.1) is 0 Å². The lowest BCUT2D eigenvalue weighted by molar-refractivity contribution is 0.201. The molecule has 0 bridgehead atoms. The first-order valence-electron chi connectivity index (χ1n) is 9.46. The van der Waals surface area contributed by atoms with Crippen LogP contribution in [0, 0.1) is 5.82 Å². The fraction of sp³-hybridized carbons (Fsp3) is 0.526. The Balaban J connectivity index is 1.48. The van der Waals surface area contributed by atoms with Gasteiger partial charge in [-0.1, -0.05) is 0 Å². The van der Waals surface area contributed by atoms with Crippen molar-refractivity contribution >= 4 is 11.7 Å². The summed E-state index contributed by atoms with van der Waals surface area (Å²) in [5.74, 6) is 0.645. The quantitative estimate of drug-likeness (QED) is 0.873. The van der Waals surface area contributed by atoms with Gasteiger partial charge < -0.3 is 19.7 Å². The molecule has 1 aliphatic heterocycles. The van der Waals surface area contributed by atoms with Crippen LogP contribution in [0.25, 0.3) is 0 Å². The number of nitrogens with zero attached hydrogens (tertiary/aromatic N) is 5. The molecule has 3 rings (SSSR count). The van der Waals surface area contributed by atoms with Crippen molar-refractivity contribution in [2.45, 2.75) is 32.7 Å². The molecule has 2 heterocycles. The van der Waals surface area contributed by atoms with Gasteiger partial charge in [0.2, 0.25) is 0 Å². The van der Waals surface area contributed by atoms with Gasteiger partial charge in [0.25, 0.3) is 0 Å². The summed E-state index contributed by atoms with van der Waals surface area (Å²) in [5.41, 5.74) is 0.992. The summed E-state index contributed by atoms with van der Waals surface area (Å²) in [4.78, 5) is 16.5. The lowest BCUT2D eigenvalue weighted by Gasteiger charge is -2.24. The number of amides is 2. The first-order valence-corrected chi connectivity index (χ1v) is 9.46. The summed E-state index contributed by atoms with van der Waals surface area (Å²) in [6.07, 6.45) is 3.26. The zero-order valence-corrected chi connectivity index (χ0v) is 15.9. The number of halogens is 1. The maximum Gasteiger partial charge on any atom is 0.317 e. The van der Waals surface area contributed by atoms with Crippen LogP contribution in [0.1, 0.15) is 32.1 Å². The molecule has 27 heavy (non-hydrogen) atoms. The summed E-state index contributed by atoms with van der Waals surface area (Å²) < 4.78 is 15.1. The molecule has 1 saturated heterocycles. The third-order valence-electron chi connectivity index (χ3n) is 4.80. The van der Waals surface area contributed by atoms with E-state index in [0.29, 0.717) is 32.1 Å². The Hall–Kier alpha value is -2.64. The van der Waals surface area contributed by atoms with E-state index in [1.165, 1.54) is 12.1 Å². The van der Waals surface area contributed by atoms with Gasteiger partial charge in [-0.3, -0.25) is 0 Å². The van der Waals surface area contributed by atoms with Crippen molar-refractivity contribution in [3.63, 3.8) is 0 Å². The van der Waals surface area contributed by atoms with Crippen LogP contribution in [-0.4, -0.2) is 58.4 Å². The molecule has 146 valence electrons. The van der Waals surface area contributed by atoms with E-state index in [2.05, 4.69) is 34.3 Å². The Kier molecular flexibility index (Phi) is 6.26. The summed E-state index contributed by atoms with van der Waals surface area (Å²) in [7, 11) is 0. The molecule has 0 spiro atoms. The molecule has 1 aromatic carbocycles. The Labute approximate surface area is 159 Å². The second-order valence-corrected chi connectivity index (χ2v) is 7.03. The van der Waals surface area contributed by atoms with Gasteiger partial charge in [-0.15, -0.1) is 10.2 Å². The number of hydrogen-bond acceptors (Lipinski definition) is 4. The van der Waals surface area contributed by atoms with Crippen LogP contribution in [0.3, 0.4) is 0 Å². The molecule has 0 saturated carbocycles. The predicted octanol–water partition coefficient (Wildman–Crippen LogP) is 2.46. The lowest BCUT2D eigenvalue weighted by Crippen LogP contribution is -2.42. The molecular weight excluding hydrogens is 347 g/mol. The van der Waals surface area contributed by atoms with Gasteiger partial charge in [-0.2, -0.15) is 0 Å². The van der Waals surface area contributed by atoms with Gasteiger partial charge >= 0.3 is 6.03 Å². The molecule has 1 aliphatic rings. The highest BCUT2D eigenvalue weighted by atomic mass is 19.1. The van der Waals surface area contributed by atoms with Crippen molar-refractivity contribution in [3.05, 3.63) is 42.2 Å². The average molecular weight is 374 g/mol. The highest BCUT2D eigenvalue weighted by molar-refractivity contribution is 5.74. The first kappa shape index (κ1) is 19.1. The molecule has 0 aliphatic carbocycles. The topological polar surface area (TPSA) is 66.3 Å². The minimum Gasteiger partial charge on any atom is -0.370 e.